The van der Waals surface area contributed by atoms with Crippen molar-refractivity contribution in [3.8, 4) is 0 Å². The largest absolute Gasteiger partial charge is 0.398 e. The van der Waals surface area contributed by atoms with Gasteiger partial charge in [-0.05, 0) is 18.6 Å². The van der Waals surface area contributed by atoms with Crippen LogP contribution in [0.4, 0.5) is 14.5 Å². The predicted molar refractivity (Wildman–Crippen MR) is 73.1 cm³/mol. The summed E-state index contributed by atoms with van der Waals surface area (Å²) in [6, 6.07) is 10.6. The Balaban J connectivity index is 2.19. The monoisotopic (exact) mass is 276 g/mol. The molecule has 0 spiro atoms. The standard InChI is InChI=1S/C15H14F2N2O/c1-9(10-5-3-2-4-6-10)19-15(20)11-7-12(16)13(17)8-14(11)18/h2-9H,18H2,1H3,(H,19,20)/t9-/m0/s1. The Hall–Kier alpha value is -2.43. The highest BCUT2D eigenvalue weighted by atomic mass is 19.2. The minimum atomic E-state index is -1.10. The molecular formula is C15H14F2N2O. The first-order chi connectivity index (χ1) is 9.49. The van der Waals surface area contributed by atoms with Gasteiger partial charge in [-0.25, -0.2) is 8.78 Å². The number of nitrogens with one attached hydrogen (secondary N) is 1. The van der Waals surface area contributed by atoms with Crippen molar-refractivity contribution in [2.24, 2.45) is 0 Å². The van der Waals surface area contributed by atoms with E-state index >= 15 is 0 Å². The van der Waals surface area contributed by atoms with Gasteiger partial charge >= 0.3 is 0 Å². The molecule has 5 heteroatoms. The van der Waals surface area contributed by atoms with Crippen molar-refractivity contribution in [1.29, 1.82) is 0 Å². The molecule has 0 saturated carbocycles. The second kappa shape index (κ2) is 5.69. The number of carbonyl (C=O) groups is 1. The molecule has 3 nitrogen and oxygen atoms in total. The second-order valence-corrected chi connectivity index (χ2v) is 4.46. The number of hydrogen-bond donors (Lipinski definition) is 2. The number of carbonyl (C=O) groups excluding carboxylic acids is 1. The molecule has 0 heterocycles. The Labute approximate surface area is 115 Å². The lowest BCUT2D eigenvalue weighted by atomic mass is 10.1. The topological polar surface area (TPSA) is 55.1 Å². The molecule has 0 saturated heterocycles. The molecule has 0 aliphatic rings. The number of anilines is 1. The van der Waals surface area contributed by atoms with Crippen LogP contribution in [0.1, 0.15) is 28.9 Å². The van der Waals surface area contributed by atoms with Crippen LogP contribution in [-0.4, -0.2) is 5.91 Å². The summed E-state index contributed by atoms with van der Waals surface area (Å²) in [6.45, 7) is 1.79. The quantitative estimate of drug-likeness (QED) is 0.847. The SMILES string of the molecule is C[C@H](NC(=O)c1cc(F)c(F)cc1N)c1ccccc1. The summed E-state index contributed by atoms with van der Waals surface area (Å²) >= 11 is 0. The predicted octanol–water partition coefficient (Wildman–Crippen LogP) is 3.04. The molecule has 0 unspecified atom stereocenters. The number of nitrogens with two attached hydrogens (primary N) is 1. The van der Waals surface area contributed by atoms with Gasteiger partial charge < -0.3 is 11.1 Å². The zero-order valence-corrected chi connectivity index (χ0v) is 10.9. The molecule has 3 N–H and O–H groups in total. The number of hydrogen-bond acceptors (Lipinski definition) is 2. The van der Waals surface area contributed by atoms with Crippen LogP contribution < -0.4 is 11.1 Å². The number of amides is 1. The number of halogens is 2. The lowest BCUT2D eigenvalue weighted by Gasteiger charge is -2.15. The molecule has 104 valence electrons. The van der Waals surface area contributed by atoms with Crippen molar-refractivity contribution in [1.82, 2.24) is 5.32 Å². The van der Waals surface area contributed by atoms with Gasteiger partial charge in [-0.2, -0.15) is 0 Å². The number of benzene rings is 2. The van der Waals surface area contributed by atoms with Gasteiger partial charge in [-0.1, -0.05) is 30.3 Å². The highest BCUT2D eigenvalue weighted by Crippen LogP contribution is 2.19. The first-order valence-corrected chi connectivity index (χ1v) is 6.09. The lowest BCUT2D eigenvalue weighted by molar-refractivity contribution is 0.0940. The molecule has 0 radical (unpaired) electrons. The van der Waals surface area contributed by atoms with Crippen molar-refractivity contribution < 1.29 is 13.6 Å². The zero-order chi connectivity index (χ0) is 14.7. The van der Waals surface area contributed by atoms with E-state index in [-0.39, 0.29) is 17.3 Å². The van der Waals surface area contributed by atoms with Crippen LogP contribution in [-0.2, 0) is 0 Å². The van der Waals surface area contributed by atoms with Gasteiger partial charge in [0.05, 0.1) is 11.6 Å². The van der Waals surface area contributed by atoms with Crippen molar-refractivity contribution in [2.75, 3.05) is 5.73 Å². The Bertz CT molecular complexity index is 629. The van der Waals surface area contributed by atoms with E-state index in [0.29, 0.717) is 0 Å². The zero-order valence-electron chi connectivity index (χ0n) is 10.9. The van der Waals surface area contributed by atoms with Crippen LogP contribution >= 0.6 is 0 Å². The van der Waals surface area contributed by atoms with E-state index in [1.165, 1.54) is 0 Å². The highest BCUT2D eigenvalue weighted by molar-refractivity contribution is 5.99. The first-order valence-electron chi connectivity index (χ1n) is 6.09. The van der Waals surface area contributed by atoms with E-state index in [4.69, 9.17) is 5.73 Å². The highest BCUT2D eigenvalue weighted by Gasteiger charge is 2.16. The van der Waals surface area contributed by atoms with E-state index in [9.17, 15) is 13.6 Å². The molecule has 0 aromatic heterocycles. The fourth-order valence-corrected chi connectivity index (χ4v) is 1.86. The van der Waals surface area contributed by atoms with Crippen LogP contribution in [0.15, 0.2) is 42.5 Å². The Morgan fingerprint density at radius 1 is 1.15 bits per heavy atom. The smallest absolute Gasteiger partial charge is 0.253 e. The van der Waals surface area contributed by atoms with Crippen LogP contribution in [0, 0.1) is 11.6 Å². The van der Waals surface area contributed by atoms with Crippen LogP contribution in [0.2, 0.25) is 0 Å². The van der Waals surface area contributed by atoms with Crippen molar-refractivity contribution in [2.45, 2.75) is 13.0 Å². The van der Waals surface area contributed by atoms with E-state index in [1.807, 2.05) is 30.3 Å². The van der Waals surface area contributed by atoms with Crippen molar-refractivity contribution in [3.63, 3.8) is 0 Å². The maximum atomic E-state index is 13.2. The van der Waals surface area contributed by atoms with Gasteiger partial charge in [-0.3, -0.25) is 4.79 Å². The summed E-state index contributed by atoms with van der Waals surface area (Å²) in [7, 11) is 0. The number of rotatable bonds is 3. The molecule has 2 aromatic rings. The Morgan fingerprint density at radius 3 is 2.40 bits per heavy atom. The van der Waals surface area contributed by atoms with Gasteiger partial charge in [0.1, 0.15) is 0 Å². The molecule has 2 aromatic carbocycles. The molecule has 2 rings (SSSR count). The summed E-state index contributed by atoms with van der Waals surface area (Å²) in [5, 5.41) is 2.69. The minimum Gasteiger partial charge on any atom is -0.398 e. The average molecular weight is 276 g/mol. The fraction of sp³-hybridized carbons (Fsp3) is 0.133. The maximum Gasteiger partial charge on any atom is 0.253 e. The summed E-state index contributed by atoms with van der Waals surface area (Å²) in [6.07, 6.45) is 0. The van der Waals surface area contributed by atoms with Gasteiger partial charge in [-0.15, -0.1) is 0 Å². The summed E-state index contributed by atoms with van der Waals surface area (Å²) < 4.78 is 26.1. The maximum absolute atomic E-state index is 13.2. The lowest BCUT2D eigenvalue weighted by Crippen LogP contribution is -2.27. The molecular weight excluding hydrogens is 262 g/mol. The van der Waals surface area contributed by atoms with Gasteiger partial charge in [0.15, 0.2) is 11.6 Å². The third-order valence-corrected chi connectivity index (χ3v) is 2.98. The molecule has 1 atom stereocenters. The molecule has 1 amide bonds. The normalized spacial score (nSPS) is 11.9. The van der Waals surface area contributed by atoms with E-state index in [1.54, 1.807) is 6.92 Å². The second-order valence-electron chi connectivity index (χ2n) is 4.46. The van der Waals surface area contributed by atoms with E-state index in [0.717, 1.165) is 17.7 Å². The molecule has 0 fully saturated rings. The van der Waals surface area contributed by atoms with E-state index in [2.05, 4.69) is 5.32 Å². The van der Waals surface area contributed by atoms with Crippen LogP contribution in [0.5, 0.6) is 0 Å². The third-order valence-electron chi connectivity index (χ3n) is 2.98. The molecule has 0 aliphatic heterocycles. The summed E-state index contributed by atoms with van der Waals surface area (Å²) in [5.41, 5.74) is 6.27. The first kappa shape index (κ1) is 14.0. The average Bonchev–Trinajstić information content (AvgIpc) is 2.43. The summed E-state index contributed by atoms with van der Waals surface area (Å²) in [5.74, 6) is -2.72. The Kier molecular flexibility index (Phi) is 3.98. The Morgan fingerprint density at radius 2 is 1.75 bits per heavy atom. The van der Waals surface area contributed by atoms with Gasteiger partial charge in [0, 0.05) is 11.8 Å². The molecule has 0 bridgehead atoms. The van der Waals surface area contributed by atoms with Gasteiger partial charge in [0.25, 0.3) is 5.91 Å². The third kappa shape index (κ3) is 2.93. The van der Waals surface area contributed by atoms with Crippen LogP contribution in [0.25, 0.3) is 0 Å². The molecule has 20 heavy (non-hydrogen) atoms. The van der Waals surface area contributed by atoms with Gasteiger partial charge in [0.2, 0.25) is 0 Å². The fourth-order valence-electron chi connectivity index (χ4n) is 1.86. The summed E-state index contributed by atoms with van der Waals surface area (Å²) in [4.78, 5) is 12.0. The van der Waals surface area contributed by atoms with Crippen molar-refractivity contribution >= 4 is 11.6 Å². The number of nitrogen functional groups attached to an aromatic ring is 1. The van der Waals surface area contributed by atoms with E-state index < -0.39 is 17.5 Å². The molecule has 0 aliphatic carbocycles. The minimum absolute atomic E-state index is 0.0771. The van der Waals surface area contributed by atoms with Crippen molar-refractivity contribution in [3.05, 3.63) is 65.2 Å². The van der Waals surface area contributed by atoms with Crippen LogP contribution in [0.3, 0.4) is 0 Å².